The van der Waals surface area contributed by atoms with Gasteiger partial charge in [0.05, 0.1) is 12.0 Å². The van der Waals surface area contributed by atoms with Crippen LogP contribution in [-0.4, -0.2) is 59.8 Å². The molecule has 3 aromatic heterocycles. The Hall–Kier alpha value is -1.98. The van der Waals surface area contributed by atoms with Crippen molar-refractivity contribution in [3.63, 3.8) is 0 Å². The van der Waals surface area contributed by atoms with E-state index in [-0.39, 0.29) is 11.0 Å². The Labute approximate surface area is 138 Å². The summed E-state index contributed by atoms with van der Waals surface area (Å²) in [5.41, 5.74) is 0.556. The van der Waals surface area contributed by atoms with E-state index in [0.717, 1.165) is 6.20 Å². The quantitative estimate of drug-likeness (QED) is 0.621. The molecule has 1 fully saturated rings. The molecular weight excluding hydrogens is 339 g/mol. The minimum Gasteiger partial charge on any atom is -0.394 e. The van der Waals surface area contributed by atoms with E-state index in [1.165, 1.54) is 22.2 Å². The average Bonchev–Trinajstić information content (AvgIpc) is 3.29. The number of rotatable bonds is 3. The van der Waals surface area contributed by atoms with Crippen molar-refractivity contribution in [2.45, 2.75) is 24.5 Å². The Morgan fingerprint density at radius 1 is 1.25 bits per heavy atom. The molecule has 0 radical (unpaired) electrons. The van der Waals surface area contributed by atoms with Gasteiger partial charge in [-0.25, -0.2) is 19.3 Å². The zero-order valence-corrected chi connectivity index (χ0v) is 13.0. The fraction of sp³-hybridized carbons (Fsp3) is 0.357. The Kier molecular flexibility index (Phi) is 3.77. The maximum atomic E-state index is 14.5. The molecule has 4 heterocycles. The van der Waals surface area contributed by atoms with E-state index in [0.29, 0.717) is 10.7 Å². The van der Waals surface area contributed by atoms with Gasteiger partial charge >= 0.3 is 0 Å². The molecule has 1 unspecified atom stereocenters. The summed E-state index contributed by atoms with van der Waals surface area (Å²) in [7, 11) is 0. The first kappa shape index (κ1) is 15.5. The average molecular weight is 352 g/mol. The van der Waals surface area contributed by atoms with Crippen LogP contribution in [0.25, 0.3) is 21.7 Å². The largest absolute Gasteiger partial charge is 0.394 e. The number of hydrogen-bond acceptors (Lipinski definition) is 8. The van der Waals surface area contributed by atoms with Gasteiger partial charge in [0.15, 0.2) is 12.0 Å². The van der Waals surface area contributed by atoms with Gasteiger partial charge in [0.2, 0.25) is 0 Å². The van der Waals surface area contributed by atoms with Crippen molar-refractivity contribution in [1.29, 1.82) is 0 Å². The van der Waals surface area contributed by atoms with Gasteiger partial charge in [-0.05, 0) is 0 Å². The van der Waals surface area contributed by atoms with Gasteiger partial charge < -0.3 is 24.6 Å². The van der Waals surface area contributed by atoms with Crippen LogP contribution < -0.4 is 0 Å². The van der Waals surface area contributed by atoms with Crippen molar-refractivity contribution in [3.05, 3.63) is 29.9 Å². The second kappa shape index (κ2) is 5.83. The molecule has 4 rings (SSSR count). The Morgan fingerprint density at radius 2 is 2.08 bits per heavy atom. The molecule has 10 heteroatoms. The highest BCUT2D eigenvalue weighted by atomic mass is 32.1. The van der Waals surface area contributed by atoms with Gasteiger partial charge in [-0.1, -0.05) is 0 Å². The highest BCUT2D eigenvalue weighted by Crippen LogP contribution is 2.35. The van der Waals surface area contributed by atoms with E-state index in [9.17, 15) is 19.7 Å². The lowest BCUT2D eigenvalue weighted by molar-refractivity contribution is -0.0510. The van der Waals surface area contributed by atoms with Gasteiger partial charge in [0.25, 0.3) is 0 Å². The van der Waals surface area contributed by atoms with Crippen LogP contribution in [0.5, 0.6) is 0 Å². The number of ether oxygens (including phenoxy) is 1. The lowest BCUT2D eigenvalue weighted by atomic mass is 10.1. The zero-order chi connectivity index (χ0) is 16.8. The molecule has 1 aliphatic rings. The van der Waals surface area contributed by atoms with Gasteiger partial charge in [-0.2, -0.15) is 0 Å². The van der Waals surface area contributed by atoms with Gasteiger partial charge in [-0.15, -0.1) is 11.3 Å². The summed E-state index contributed by atoms with van der Waals surface area (Å²) in [6.45, 7) is -0.463. The molecule has 1 saturated heterocycles. The third-order valence-electron chi connectivity index (χ3n) is 3.99. The predicted octanol–water partition coefficient (Wildman–Crippen LogP) is 0.305. The first-order valence-corrected chi connectivity index (χ1v) is 8.03. The molecule has 3 N–H and O–H groups in total. The maximum Gasteiger partial charge on any atom is 0.164 e. The van der Waals surface area contributed by atoms with Crippen molar-refractivity contribution in [1.82, 2.24) is 19.5 Å². The predicted molar refractivity (Wildman–Crippen MR) is 81.6 cm³/mol. The monoisotopic (exact) mass is 352 g/mol. The molecule has 0 aromatic carbocycles. The lowest BCUT2D eigenvalue weighted by Crippen LogP contribution is -2.33. The Bertz CT molecular complexity index is 871. The molecule has 0 aliphatic carbocycles. The van der Waals surface area contributed by atoms with Gasteiger partial charge in [0.1, 0.15) is 41.0 Å². The smallest absolute Gasteiger partial charge is 0.164 e. The standard InChI is InChI=1S/C14H13FN4O4S/c15-6-3-19(14-11(22)10(21)7(4-20)23-14)12-8(6)9(17-5-18-12)13-16-1-2-24-13/h1-3,5,7,10-11,14,20-22H,4H2/t7?,10-,11-,14+/m0/s1. The maximum absolute atomic E-state index is 14.5. The molecule has 8 nitrogen and oxygen atoms in total. The molecule has 24 heavy (non-hydrogen) atoms. The molecule has 0 saturated carbocycles. The van der Waals surface area contributed by atoms with Crippen LogP contribution in [0, 0.1) is 5.82 Å². The van der Waals surface area contributed by atoms with E-state index in [2.05, 4.69) is 15.0 Å². The van der Waals surface area contributed by atoms with Crippen LogP contribution >= 0.6 is 11.3 Å². The number of aliphatic hydroxyl groups excluding tert-OH is 3. The van der Waals surface area contributed by atoms with E-state index in [1.807, 2.05) is 0 Å². The van der Waals surface area contributed by atoms with E-state index >= 15 is 0 Å². The number of fused-ring (bicyclic) bond motifs is 1. The van der Waals surface area contributed by atoms with E-state index in [1.54, 1.807) is 11.6 Å². The molecule has 0 spiro atoms. The van der Waals surface area contributed by atoms with Crippen molar-refractivity contribution in [2.24, 2.45) is 0 Å². The normalized spacial score (nSPS) is 27.2. The minimum atomic E-state index is -1.32. The van der Waals surface area contributed by atoms with Crippen LogP contribution in [0.1, 0.15) is 6.23 Å². The second-order valence-corrected chi connectivity index (χ2v) is 6.27. The molecule has 4 atom stereocenters. The summed E-state index contributed by atoms with van der Waals surface area (Å²) >= 11 is 1.32. The molecule has 0 amide bonds. The molecule has 0 bridgehead atoms. The summed E-state index contributed by atoms with van der Waals surface area (Å²) < 4.78 is 21.3. The summed E-state index contributed by atoms with van der Waals surface area (Å²) in [5.74, 6) is -0.589. The summed E-state index contributed by atoms with van der Waals surface area (Å²) in [5, 5.41) is 31.7. The number of thiazole rings is 1. The Balaban J connectivity index is 1.86. The second-order valence-electron chi connectivity index (χ2n) is 5.37. The number of hydrogen-bond donors (Lipinski definition) is 3. The summed E-state index contributed by atoms with van der Waals surface area (Å²) in [4.78, 5) is 12.3. The van der Waals surface area contributed by atoms with Crippen LogP contribution in [0.2, 0.25) is 0 Å². The molecular formula is C14H13FN4O4S. The van der Waals surface area contributed by atoms with E-state index < -0.39 is 37.0 Å². The number of halogens is 1. The fourth-order valence-corrected chi connectivity index (χ4v) is 3.48. The highest BCUT2D eigenvalue weighted by molar-refractivity contribution is 7.13. The van der Waals surface area contributed by atoms with Crippen molar-refractivity contribution in [3.8, 4) is 10.7 Å². The summed E-state index contributed by atoms with van der Waals surface area (Å²) in [6.07, 6.45) is -0.618. The third kappa shape index (κ3) is 2.23. The van der Waals surface area contributed by atoms with Crippen LogP contribution in [0.4, 0.5) is 4.39 Å². The third-order valence-corrected chi connectivity index (χ3v) is 4.77. The SMILES string of the molecule is OCC1O[C@@H](n2cc(F)c3c(-c4nccs4)ncnc32)[C@@H](O)[C@H]1O. The molecule has 3 aromatic rings. The number of aromatic nitrogens is 4. The van der Waals surface area contributed by atoms with Gasteiger partial charge in [-0.3, -0.25) is 0 Å². The van der Waals surface area contributed by atoms with Crippen LogP contribution in [0.15, 0.2) is 24.1 Å². The zero-order valence-electron chi connectivity index (χ0n) is 12.2. The van der Waals surface area contributed by atoms with Crippen molar-refractivity contribution < 1.29 is 24.4 Å². The van der Waals surface area contributed by atoms with Crippen LogP contribution in [0.3, 0.4) is 0 Å². The van der Waals surface area contributed by atoms with E-state index in [4.69, 9.17) is 4.74 Å². The lowest BCUT2D eigenvalue weighted by Gasteiger charge is -2.17. The fourth-order valence-electron chi connectivity index (χ4n) is 2.85. The van der Waals surface area contributed by atoms with Crippen LogP contribution in [-0.2, 0) is 4.74 Å². The van der Waals surface area contributed by atoms with Gasteiger partial charge in [0, 0.05) is 17.8 Å². The Morgan fingerprint density at radius 3 is 2.75 bits per heavy atom. The topological polar surface area (TPSA) is 114 Å². The minimum absolute atomic E-state index is 0.158. The number of nitrogens with zero attached hydrogens (tertiary/aromatic N) is 4. The first-order valence-electron chi connectivity index (χ1n) is 7.15. The summed E-state index contributed by atoms with van der Waals surface area (Å²) in [6, 6.07) is 0. The molecule has 126 valence electrons. The van der Waals surface area contributed by atoms with Crippen molar-refractivity contribution in [2.75, 3.05) is 6.61 Å². The molecule has 1 aliphatic heterocycles. The number of aliphatic hydroxyl groups is 3. The first-order chi connectivity index (χ1) is 11.6. The van der Waals surface area contributed by atoms with Crippen molar-refractivity contribution >= 4 is 22.4 Å². The highest BCUT2D eigenvalue weighted by Gasteiger charge is 2.44.